The molecule has 0 spiro atoms. The minimum absolute atomic E-state index is 0.706. The predicted octanol–water partition coefficient (Wildman–Crippen LogP) is 9.45. The summed E-state index contributed by atoms with van der Waals surface area (Å²) in [4.78, 5) is 14.4. The van der Waals surface area contributed by atoms with Gasteiger partial charge in [0.2, 0.25) is 0 Å². The first-order chi connectivity index (χ1) is 19.8. The van der Waals surface area contributed by atoms with E-state index in [2.05, 4.69) is 115 Å². The number of fused-ring (bicyclic) bond motifs is 1. The highest BCUT2D eigenvalue weighted by Gasteiger charge is 2.15. The Labute approximate surface area is 234 Å². The van der Waals surface area contributed by atoms with Crippen LogP contribution in [0.2, 0.25) is 0 Å². The normalized spacial score (nSPS) is 11.4. The molecule has 6 aromatic rings. The van der Waals surface area contributed by atoms with E-state index in [4.69, 9.17) is 9.97 Å². The van der Waals surface area contributed by atoms with Crippen LogP contribution >= 0.6 is 0 Å². The van der Waals surface area contributed by atoms with Gasteiger partial charge in [-0.1, -0.05) is 128 Å². The summed E-state index contributed by atoms with van der Waals surface area (Å²) in [5.41, 5.74) is 8.26. The van der Waals surface area contributed by atoms with E-state index in [9.17, 15) is 0 Å². The zero-order chi connectivity index (χ0) is 27.1. The van der Waals surface area contributed by atoms with Gasteiger partial charge in [-0.05, 0) is 39.6 Å². The summed E-state index contributed by atoms with van der Waals surface area (Å²) in [6.07, 6.45) is 15.4. The van der Waals surface area contributed by atoms with Crippen LogP contribution in [0, 0.1) is 0 Å². The summed E-state index contributed by atoms with van der Waals surface area (Å²) < 4.78 is 0. The third kappa shape index (κ3) is 5.27. The van der Waals surface area contributed by atoms with Crippen molar-refractivity contribution in [3.63, 3.8) is 0 Å². The van der Waals surface area contributed by atoms with Gasteiger partial charge in [-0.25, -0.2) is 9.97 Å². The lowest BCUT2D eigenvalue weighted by Gasteiger charge is -2.13. The Morgan fingerprint density at radius 3 is 2.25 bits per heavy atom. The molecule has 3 heteroatoms. The first kappa shape index (κ1) is 24.9. The fourth-order valence-electron chi connectivity index (χ4n) is 4.82. The van der Waals surface area contributed by atoms with E-state index in [1.54, 1.807) is 12.3 Å². The average Bonchev–Trinajstić information content (AvgIpc) is 3.03. The van der Waals surface area contributed by atoms with E-state index in [0.717, 1.165) is 50.0 Å². The zero-order valence-corrected chi connectivity index (χ0v) is 22.0. The second-order valence-corrected chi connectivity index (χ2v) is 9.41. The number of rotatable bonds is 7. The molecule has 190 valence electrons. The molecule has 0 aliphatic carbocycles. The van der Waals surface area contributed by atoms with Gasteiger partial charge in [0.05, 0.1) is 5.69 Å². The maximum absolute atomic E-state index is 5.19. The quantitative estimate of drug-likeness (QED) is 0.200. The second kappa shape index (κ2) is 11.5. The van der Waals surface area contributed by atoms with Gasteiger partial charge in [0, 0.05) is 40.8 Å². The van der Waals surface area contributed by atoms with Crippen molar-refractivity contribution in [3.05, 3.63) is 158 Å². The molecule has 6 rings (SSSR count). The Kier molecular flexibility index (Phi) is 7.19. The molecular weight excluding hydrogens is 486 g/mol. The molecule has 2 aromatic heterocycles. The fraction of sp³-hybridized carbons (Fsp3) is 0. The smallest absolute Gasteiger partial charge is 0.160 e. The Morgan fingerprint density at radius 2 is 1.40 bits per heavy atom. The molecule has 0 atom stereocenters. The Bertz CT molecular complexity index is 1840. The van der Waals surface area contributed by atoms with E-state index in [0.29, 0.717) is 5.82 Å². The van der Waals surface area contributed by atoms with Crippen LogP contribution in [0.15, 0.2) is 153 Å². The summed E-state index contributed by atoms with van der Waals surface area (Å²) in [5, 5.41) is 2.30. The number of benzene rings is 4. The van der Waals surface area contributed by atoms with Gasteiger partial charge >= 0.3 is 0 Å². The topological polar surface area (TPSA) is 38.7 Å². The van der Waals surface area contributed by atoms with Gasteiger partial charge in [-0.15, -0.1) is 0 Å². The summed E-state index contributed by atoms with van der Waals surface area (Å²) in [6, 6.07) is 35.6. The lowest BCUT2D eigenvalue weighted by molar-refractivity contribution is 1.19. The van der Waals surface area contributed by atoms with Crippen molar-refractivity contribution in [1.82, 2.24) is 15.0 Å². The molecule has 0 fully saturated rings. The molecule has 0 N–H and O–H groups in total. The fourth-order valence-corrected chi connectivity index (χ4v) is 4.82. The molecule has 4 aromatic carbocycles. The number of nitrogens with zero attached hydrogens (tertiary/aromatic N) is 3. The highest BCUT2D eigenvalue weighted by atomic mass is 14.9. The summed E-state index contributed by atoms with van der Waals surface area (Å²) in [6.45, 7) is 3.72. The maximum Gasteiger partial charge on any atom is 0.160 e. The van der Waals surface area contributed by atoms with Crippen LogP contribution in [-0.4, -0.2) is 15.0 Å². The van der Waals surface area contributed by atoms with Crippen LogP contribution in [0.3, 0.4) is 0 Å². The van der Waals surface area contributed by atoms with Gasteiger partial charge in [0.15, 0.2) is 5.82 Å². The molecular formula is C37H27N3. The minimum Gasteiger partial charge on any atom is -0.264 e. The van der Waals surface area contributed by atoms with Crippen LogP contribution in [0.25, 0.3) is 61.7 Å². The van der Waals surface area contributed by atoms with Crippen LogP contribution in [0.5, 0.6) is 0 Å². The molecule has 40 heavy (non-hydrogen) atoms. The Hall–Kier alpha value is -5.41. The molecule has 0 radical (unpaired) electrons. The van der Waals surface area contributed by atoms with Crippen LogP contribution in [0.4, 0.5) is 0 Å². The minimum atomic E-state index is 0.706. The molecule has 0 unspecified atom stereocenters. The monoisotopic (exact) mass is 513 g/mol. The number of allylic oxidation sites excluding steroid dienone is 4. The molecule has 0 bridgehead atoms. The first-order valence-electron chi connectivity index (χ1n) is 13.2. The Balaban J connectivity index is 1.49. The maximum atomic E-state index is 5.19. The van der Waals surface area contributed by atoms with Crippen molar-refractivity contribution in [2.45, 2.75) is 0 Å². The predicted molar refractivity (Wildman–Crippen MR) is 167 cm³/mol. The number of pyridine rings is 1. The van der Waals surface area contributed by atoms with Gasteiger partial charge in [0.1, 0.15) is 0 Å². The van der Waals surface area contributed by atoms with Crippen molar-refractivity contribution in [1.29, 1.82) is 0 Å². The van der Waals surface area contributed by atoms with Crippen LogP contribution in [0.1, 0.15) is 5.56 Å². The van der Waals surface area contributed by atoms with E-state index >= 15 is 0 Å². The summed E-state index contributed by atoms with van der Waals surface area (Å²) >= 11 is 0. The number of hydrogen-bond acceptors (Lipinski definition) is 3. The van der Waals surface area contributed by atoms with Crippen molar-refractivity contribution in [2.75, 3.05) is 0 Å². The molecule has 0 aliphatic rings. The van der Waals surface area contributed by atoms with Crippen LogP contribution < -0.4 is 0 Å². The van der Waals surface area contributed by atoms with Crippen molar-refractivity contribution in [2.24, 2.45) is 0 Å². The molecule has 0 amide bonds. The third-order valence-electron chi connectivity index (χ3n) is 6.82. The standard InChI is InChI=1S/C37H27N3/c1-2-3-4-5-11-27-19-21-29(22-20-27)36-35(31-15-8-14-30(24-31)32-16-10-23-38-25-32)26-39-37(40-36)34-18-9-13-28-12-6-7-17-33(28)34/h2-26H,1H2/b4-3-,11-5+. The lowest BCUT2D eigenvalue weighted by Crippen LogP contribution is -1.97. The summed E-state index contributed by atoms with van der Waals surface area (Å²) in [7, 11) is 0. The molecule has 2 heterocycles. The van der Waals surface area contributed by atoms with Crippen molar-refractivity contribution < 1.29 is 0 Å². The van der Waals surface area contributed by atoms with Crippen molar-refractivity contribution in [3.8, 4) is 44.9 Å². The Morgan fingerprint density at radius 1 is 0.600 bits per heavy atom. The van der Waals surface area contributed by atoms with E-state index < -0.39 is 0 Å². The molecule has 0 saturated carbocycles. The number of hydrogen-bond donors (Lipinski definition) is 0. The zero-order valence-electron chi connectivity index (χ0n) is 22.0. The lowest BCUT2D eigenvalue weighted by atomic mass is 9.96. The highest BCUT2D eigenvalue weighted by Crippen LogP contribution is 2.35. The average molecular weight is 514 g/mol. The molecule has 0 aliphatic heterocycles. The van der Waals surface area contributed by atoms with E-state index in [1.165, 1.54) is 5.39 Å². The second-order valence-electron chi connectivity index (χ2n) is 9.41. The number of aromatic nitrogens is 3. The highest BCUT2D eigenvalue weighted by molar-refractivity contribution is 5.95. The first-order valence-corrected chi connectivity index (χ1v) is 13.2. The van der Waals surface area contributed by atoms with Crippen molar-refractivity contribution >= 4 is 16.8 Å². The van der Waals surface area contributed by atoms with E-state index in [1.807, 2.05) is 36.7 Å². The van der Waals surface area contributed by atoms with E-state index in [-0.39, 0.29) is 0 Å². The van der Waals surface area contributed by atoms with Gasteiger partial charge in [-0.2, -0.15) is 0 Å². The SMILES string of the molecule is C=C/C=C\C=C\c1ccc(-c2nc(-c3cccc4ccccc34)ncc2-c2cccc(-c3cccnc3)c2)cc1. The van der Waals surface area contributed by atoms with Gasteiger partial charge < -0.3 is 0 Å². The van der Waals surface area contributed by atoms with Gasteiger partial charge in [-0.3, -0.25) is 4.98 Å². The van der Waals surface area contributed by atoms with Gasteiger partial charge in [0.25, 0.3) is 0 Å². The van der Waals surface area contributed by atoms with Crippen LogP contribution in [-0.2, 0) is 0 Å². The third-order valence-corrected chi connectivity index (χ3v) is 6.82. The largest absolute Gasteiger partial charge is 0.264 e. The molecule has 0 saturated heterocycles. The molecule has 3 nitrogen and oxygen atoms in total. The summed E-state index contributed by atoms with van der Waals surface area (Å²) in [5.74, 6) is 0.706.